The molecule has 2 atom stereocenters. The van der Waals surface area contributed by atoms with E-state index in [9.17, 15) is 0 Å². The molecule has 0 spiro atoms. The van der Waals surface area contributed by atoms with Gasteiger partial charge in [0.15, 0.2) is 0 Å². The minimum atomic E-state index is -0.179. The minimum Gasteiger partial charge on any atom is -0.491 e. The Morgan fingerprint density at radius 1 is 1.11 bits per heavy atom. The lowest BCUT2D eigenvalue weighted by Gasteiger charge is -2.37. The Morgan fingerprint density at radius 3 is 2.79 bits per heavy atom. The monoisotopic (exact) mass is 511 g/mol. The van der Waals surface area contributed by atoms with Gasteiger partial charge in [0, 0.05) is 55.6 Å². The number of rotatable bonds is 6. The summed E-state index contributed by atoms with van der Waals surface area (Å²) in [4.78, 5) is 15.7. The van der Waals surface area contributed by atoms with E-state index in [1.165, 1.54) is 6.33 Å². The van der Waals surface area contributed by atoms with E-state index in [2.05, 4.69) is 26.0 Å². The standard InChI is InChI=1S/C27H29N9O2/c1-34-9-8-21(33-34)20-13-36(27-25(20)26(29)30-15-31-27)24-7-5-19(38-24)14-37-18-4-2-16-3-6-23(32-22(16)10-18)35-11-17(28)12-35/h2-4,6,8-10,13,15,17,19,24H,5,7,11-12,14,28H2,1H3,(H2,29,30,31)/t19-,24+/m0/s1. The molecule has 11 nitrogen and oxygen atoms in total. The molecule has 0 radical (unpaired) electrons. The van der Waals surface area contributed by atoms with Gasteiger partial charge in [-0.3, -0.25) is 4.68 Å². The molecule has 38 heavy (non-hydrogen) atoms. The smallest absolute Gasteiger partial charge is 0.148 e. The van der Waals surface area contributed by atoms with E-state index in [4.69, 9.17) is 25.9 Å². The summed E-state index contributed by atoms with van der Waals surface area (Å²) in [5, 5.41) is 6.42. The zero-order chi connectivity index (χ0) is 25.8. The molecule has 194 valence electrons. The van der Waals surface area contributed by atoms with E-state index < -0.39 is 0 Å². The third-order valence-electron chi connectivity index (χ3n) is 7.34. The number of aryl methyl sites for hydroxylation is 1. The molecule has 0 unspecified atom stereocenters. The number of nitrogen functional groups attached to an aromatic ring is 1. The molecule has 2 aliphatic heterocycles. The molecule has 0 bridgehead atoms. The Kier molecular flexibility index (Phi) is 5.41. The number of aromatic nitrogens is 6. The Labute approximate surface area is 219 Å². The van der Waals surface area contributed by atoms with Gasteiger partial charge in [0.2, 0.25) is 0 Å². The summed E-state index contributed by atoms with van der Waals surface area (Å²) in [6, 6.07) is 12.3. The Balaban J connectivity index is 1.07. The first kappa shape index (κ1) is 22.9. The molecule has 0 saturated carbocycles. The van der Waals surface area contributed by atoms with E-state index in [0.717, 1.165) is 70.7 Å². The zero-order valence-corrected chi connectivity index (χ0v) is 21.1. The molecular formula is C27H29N9O2. The number of nitrogens with zero attached hydrogens (tertiary/aromatic N) is 7. The number of hydrogen-bond acceptors (Lipinski definition) is 9. The van der Waals surface area contributed by atoms with Crippen molar-refractivity contribution >= 4 is 33.6 Å². The van der Waals surface area contributed by atoms with Gasteiger partial charge in [-0.1, -0.05) is 0 Å². The summed E-state index contributed by atoms with van der Waals surface area (Å²) in [7, 11) is 1.89. The van der Waals surface area contributed by atoms with Gasteiger partial charge in [0.05, 0.1) is 22.7 Å². The zero-order valence-electron chi connectivity index (χ0n) is 21.1. The fourth-order valence-electron chi connectivity index (χ4n) is 5.34. The van der Waals surface area contributed by atoms with Crippen LogP contribution in [-0.4, -0.2) is 61.1 Å². The summed E-state index contributed by atoms with van der Waals surface area (Å²) in [5.74, 6) is 2.16. The molecular weight excluding hydrogens is 482 g/mol. The SMILES string of the molecule is Cn1ccc(-c2cn([C@H]3CC[C@@H](COc4ccc5ccc(N6CC(N)C6)nc5c4)O3)c3ncnc(N)c23)n1. The minimum absolute atomic E-state index is 0.0486. The topological polar surface area (TPSA) is 135 Å². The van der Waals surface area contributed by atoms with E-state index in [0.29, 0.717) is 12.4 Å². The van der Waals surface area contributed by atoms with Crippen LogP contribution in [0.3, 0.4) is 0 Å². The number of fused-ring (bicyclic) bond motifs is 2. The second kappa shape index (κ2) is 8.96. The van der Waals surface area contributed by atoms with Gasteiger partial charge in [0.1, 0.15) is 42.2 Å². The van der Waals surface area contributed by atoms with Crippen molar-refractivity contribution in [3.05, 3.63) is 55.1 Å². The van der Waals surface area contributed by atoms with Gasteiger partial charge in [-0.15, -0.1) is 0 Å². The van der Waals surface area contributed by atoms with Gasteiger partial charge in [0.25, 0.3) is 0 Å². The third-order valence-corrected chi connectivity index (χ3v) is 7.34. The molecule has 2 fully saturated rings. The van der Waals surface area contributed by atoms with E-state index in [1.807, 2.05) is 54.3 Å². The lowest BCUT2D eigenvalue weighted by Crippen LogP contribution is -2.56. The summed E-state index contributed by atoms with van der Waals surface area (Å²) in [6.45, 7) is 2.13. The van der Waals surface area contributed by atoms with Crippen LogP contribution in [0.15, 0.2) is 55.1 Å². The van der Waals surface area contributed by atoms with Crippen molar-refractivity contribution in [1.29, 1.82) is 0 Å². The van der Waals surface area contributed by atoms with E-state index in [-0.39, 0.29) is 18.4 Å². The summed E-state index contributed by atoms with van der Waals surface area (Å²) < 4.78 is 16.4. The number of anilines is 2. The van der Waals surface area contributed by atoms with Crippen molar-refractivity contribution in [1.82, 2.24) is 29.3 Å². The first-order valence-electron chi connectivity index (χ1n) is 12.8. The predicted molar refractivity (Wildman–Crippen MR) is 145 cm³/mol. The highest BCUT2D eigenvalue weighted by Gasteiger charge is 2.30. The van der Waals surface area contributed by atoms with Crippen LogP contribution in [0.2, 0.25) is 0 Å². The number of pyridine rings is 1. The second-order valence-corrected chi connectivity index (χ2v) is 10.1. The average molecular weight is 512 g/mol. The van der Waals surface area contributed by atoms with Crippen LogP contribution >= 0.6 is 0 Å². The fraction of sp³-hybridized carbons (Fsp3) is 0.333. The highest BCUT2D eigenvalue weighted by Crippen LogP contribution is 2.37. The maximum absolute atomic E-state index is 6.42. The highest BCUT2D eigenvalue weighted by atomic mass is 16.6. The van der Waals surface area contributed by atoms with Crippen LogP contribution in [0.5, 0.6) is 5.75 Å². The Hall–Kier alpha value is -4.22. The Morgan fingerprint density at radius 2 is 1.97 bits per heavy atom. The summed E-state index contributed by atoms with van der Waals surface area (Å²) in [6.07, 6.45) is 6.89. The number of ether oxygens (including phenoxy) is 2. The molecule has 0 aliphatic carbocycles. The molecule has 7 rings (SSSR count). The third kappa shape index (κ3) is 4.00. The Bertz CT molecular complexity index is 1640. The molecule has 1 aromatic carbocycles. The van der Waals surface area contributed by atoms with Crippen LogP contribution in [-0.2, 0) is 11.8 Å². The summed E-state index contributed by atoms with van der Waals surface area (Å²) in [5.41, 5.74) is 15.6. The normalized spacial score (nSPS) is 19.9. The van der Waals surface area contributed by atoms with Crippen LogP contribution < -0.4 is 21.1 Å². The first-order valence-corrected chi connectivity index (χ1v) is 12.8. The largest absolute Gasteiger partial charge is 0.491 e. The van der Waals surface area contributed by atoms with Crippen molar-refractivity contribution in [3.8, 4) is 17.0 Å². The van der Waals surface area contributed by atoms with Gasteiger partial charge in [-0.25, -0.2) is 15.0 Å². The molecule has 4 aromatic heterocycles. The van der Waals surface area contributed by atoms with Gasteiger partial charge < -0.3 is 30.4 Å². The highest BCUT2D eigenvalue weighted by molar-refractivity contribution is 5.99. The number of nitrogens with two attached hydrogens (primary N) is 2. The van der Waals surface area contributed by atoms with E-state index in [1.54, 1.807) is 4.68 Å². The molecule has 11 heteroatoms. The van der Waals surface area contributed by atoms with Gasteiger partial charge in [-0.05, 0) is 43.2 Å². The van der Waals surface area contributed by atoms with Crippen molar-refractivity contribution in [2.75, 3.05) is 30.3 Å². The first-order chi connectivity index (χ1) is 18.5. The molecule has 6 heterocycles. The van der Waals surface area contributed by atoms with Crippen LogP contribution in [0, 0.1) is 0 Å². The fourth-order valence-corrected chi connectivity index (χ4v) is 5.34. The lowest BCUT2D eigenvalue weighted by atomic mass is 10.1. The van der Waals surface area contributed by atoms with Crippen LogP contribution in [0.4, 0.5) is 11.6 Å². The molecule has 2 saturated heterocycles. The van der Waals surface area contributed by atoms with Crippen molar-refractivity contribution in [2.45, 2.75) is 31.2 Å². The number of hydrogen-bond donors (Lipinski definition) is 2. The summed E-state index contributed by atoms with van der Waals surface area (Å²) >= 11 is 0. The maximum Gasteiger partial charge on any atom is 0.148 e. The maximum atomic E-state index is 6.42. The van der Waals surface area contributed by atoms with Crippen LogP contribution in [0.1, 0.15) is 19.1 Å². The average Bonchev–Trinajstić information content (AvgIpc) is 3.64. The lowest BCUT2D eigenvalue weighted by molar-refractivity contribution is -0.0155. The molecule has 5 aromatic rings. The predicted octanol–water partition coefficient (Wildman–Crippen LogP) is 2.87. The second-order valence-electron chi connectivity index (χ2n) is 10.1. The van der Waals surface area contributed by atoms with E-state index >= 15 is 0 Å². The molecule has 4 N–H and O–H groups in total. The molecule has 0 amide bonds. The number of benzene rings is 1. The quantitative estimate of drug-likeness (QED) is 0.353. The van der Waals surface area contributed by atoms with Crippen molar-refractivity contribution in [2.24, 2.45) is 12.8 Å². The van der Waals surface area contributed by atoms with Gasteiger partial charge in [-0.2, -0.15) is 5.10 Å². The van der Waals surface area contributed by atoms with Gasteiger partial charge >= 0.3 is 0 Å². The van der Waals surface area contributed by atoms with Crippen LogP contribution in [0.25, 0.3) is 33.2 Å². The van der Waals surface area contributed by atoms with Crippen molar-refractivity contribution < 1.29 is 9.47 Å². The van der Waals surface area contributed by atoms with Crippen molar-refractivity contribution in [3.63, 3.8) is 0 Å². The molecule has 2 aliphatic rings.